The van der Waals surface area contributed by atoms with Gasteiger partial charge in [0.2, 0.25) is 7.28 Å². The van der Waals surface area contributed by atoms with E-state index in [1.807, 2.05) is 0 Å². The summed E-state index contributed by atoms with van der Waals surface area (Å²) >= 11 is 0. The van der Waals surface area contributed by atoms with Crippen molar-refractivity contribution in [3.8, 4) is 16.8 Å². The number of anilines is 5. The maximum absolute atomic E-state index is 6.77. The summed E-state index contributed by atoms with van der Waals surface area (Å²) in [6.45, 7) is 11.5. The van der Waals surface area contributed by atoms with E-state index in [2.05, 4.69) is 201 Å². The molecular formula is C51H42BN3O. The highest BCUT2D eigenvalue weighted by Crippen LogP contribution is 2.55. The first-order valence-electron chi connectivity index (χ1n) is 19.7. The van der Waals surface area contributed by atoms with Crippen molar-refractivity contribution in [3.05, 3.63) is 168 Å². The van der Waals surface area contributed by atoms with Gasteiger partial charge in [0, 0.05) is 38.5 Å². The molecule has 7 aromatic carbocycles. The lowest BCUT2D eigenvalue weighted by Gasteiger charge is -2.42. The van der Waals surface area contributed by atoms with E-state index in [0.717, 1.165) is 39.3 Å². The third-order valence-corrected chi connectivity index (χ3v) is 12.3. The Bertz CT molecular complexity index is 3000. The Morgan fingerprint density at radius 2 is 1.25 bits per heavy atom. The van der Waals surface area contributed by atoms with Gasteiger partial charge in [-0.1, -0.05) is 132 Å². The number of benzene rings is 7. The number of aromatic nitrogens is 1. The van der Waals surface area contributed by atoms with Crippen molar-refractivity contribution in [3.63, 3.8) is 0 Å². The van der Waals surface area contributed by atoms with Gasteiger partial charge in [0.15, 0.2) is 0 Å². The number of hydrogen-bond donors (Lipinski definition) is 1. The van der Waals surface area contributed by atoms with Gasteiger partial charge in [-0.15, -0.1) is 0 Å². The monoisotopic (exact) mass is 723 g/mol. The summed E-state index contributed by atoms with van der Waals surface area (Å²) in [5, 5.41) is 7.47. The maximum atomic E-state index is 6.77. The molecule has 56 heavy (non-hydrogen) atoms. The van der Waals surface area contributed by atoms with E-state index >= 15 is 0 Å². The second kappa shape index (κ2) is 11.8. The smallest absolute Gasteiger partial charge is 0.244 e. The summed E-state index contributed by atoms with van der Waals surface area (Å²) in [7, 11) is 0.682. The van der Waals surface area contributed by atoms with Gasteiger partial charge in [-0.05, 0) is 87.7 Å². The average molecular weight is 724 g/mol. The first kappa shape index (κ1) is 32.9. The molecule has 4 heterocycles. The van der Waals surface area contributed by atoms with Crippen LogP contribution in [-0.4, -0.2) is 11.8 Å². The molecule has 0 saturated carbocycles. The molecule has 0 amide bonds. The van der Waals surface area contributed by atoms with Crippen molar-refractivity contribution < 1.29 is 4.42 Å². The molecule has 0 saturated heterocycles. The highest BCUT2D eigenvalue weighted by Gasteiger charge is 2.39. The number of nitrogens with one attached hydrogen (secondary N) is 1. The van der Waals surface area contributed by atoms with Crippen LogP contribution in [-0.2, 0) is 10.8 Å². The maximum Gasteiger partial charge on any atom is 0.244 e. The molecule has 0 radical (unpaired) electrons. The molecule has 0 atom stereocenters. The molecule has 2 aliphatic rings. The Balaban J connectivity index is 1.25. The van der Waals surface area contributed by atoms with E-state index in [0.29, 0.717) is 7.28 Å². The normalized spacial score (nSPS) is 14.1. The Hall–Kier alpha value is -6.46. The number of hydrogen-bond acceptors (Lipinski definition) is 3. The van der Waals surface area contributed by atoms with Gasteiger partial charge in [-0.25, -0.2) is 0 Å². The molecule has 4 nitrogen and oxygen atoms in total. The van der Waals surface area contributed by atoms with E-state index in [-0.39, 0.29) is 10.8 Å². The predicted octanol–water partition coefficient (Wildman–Crippen LogP) is 12.0. The molecule has 9 aromatic rings. The summed E-state index contributed by atoms with van der Waals surface area (Å²) < 4.78 is 9.27. The van der Waals surface area contributed by atoms with E-state index in [9.17, 15) is 0 Å². The molecule has 2 aliphatic heterocycles. The number of fused-ring (bicyclic) bond motifs is 9. The van der Waals surface area contributed by atoms with Crippen LogP contribution >= 0.6 is 0 Å². The quantitative estimate of drug-likeness (QED) is 0.184. The standard InChI is InChI=1S/C51H42BN3O/c1-50(2,3)31-26-28-32(29-27-31)53-39-21-11-6-16-33(39)36-30-43(54-41-23-13-9-19-37(41)51(4,5)38-20-10-14-24-42(38)54)45-34-17-7-12-22-40(34)55-47-35-18-8-15-25-44(35)56-49(47)52-46(36)48(45)55/h6-30,52-53H,1-5H3. The van der Waals surface area contributed by atoms with Gasteiger partial charge in [0.05, 0.1) is 39.4 Å². The van der Waals surface area contributed by atoms with Crippen molar-refractivity contribution in [1.82, 2.24) is 4.57 Å². The van der Waals surface area contributed by atoms with Crippen LogP contribution in [0.4, 0.5) is 28.4 Å². The summed E-state index contributed by atoms with van der Waals surface area (Å²) in [6, 6.07) is 55.5. The minimum atomic E-state index is -0.172. The van der Waals surface area contributed by atoms with E-state index < -0.39 is 0 Å². The zero-order chi connectivity index (χ0) is 37.9. The van der Waals surface area contributed by atoms with Crippen LogP contribution in [0, 0.1) is 0 Å². The molecule has 270 valence electrons. The third kappa shape index (κ3) is 4.67. The van der Waals surface area contributed by atoms with Crippen LogP contribution in [0.25, 0.3) is 49.6 Å². The number of nitrogens with zero attached hydrogens (tertiary/aromatic N) is 2. The summed E-state index contributed by atoms with van der Waals surface area (Å²) in [4.78, 5) is 2.54. The number of para-hydroxylation sites is 5. The lowest BCUT2D eigenvalue weighted by Crippen LogP contribution is -2.36. The van der Waals surface area contributed by atoms with Gasteiger partial charge in [-0.2, -0.15) is 0 Å². The number of furan rings is 1. The number of rotatable bonds is 4. The summed E-state index contributed by atoms with van der Waals surface area (Å²) in [5.41, 5.74) is 18.7. The fourth-order valence-electron chi connectivity index (χ4n) is 9.61. The SMILES string of the molecule is CC(C)(C)c1ccc(Nc2ccccc2-c2cc(N3c4ccccc4C(C)(C)c4ccccc43)c3c4ccccc4n4c3c2Bc2oc3ccccc3c2-4)cc1. The molecule has 0 aliphatic carbocycles. The van der Waals surface area contributed by atoms with Gasteiger partial charge in [0.25, 0.3) is 0 Å². The van der Waals surface area contributed by atoms with Crippen molar-refractivity contribution in [2.24, 2.45) is 0 Å². The molecule has 0 bridgehead atoms. The van der Waals surface area contributed by atoms with E-state index in [1.54, 1.807) is 0 Å². The van der Waals surface area contributed by atoms with Crippen LogP contribution in [0.5, 0.6) is 0 Å². The fraction of sp³-hybridized carbons (Fsp3) is 0.137. The van der Waals surface area contributed by atoms with Crippen LogP contribution in [0.3, 0.4) is 0 Å². The molecule has 2 aromatic heterocycles. The lowest BCUT2D eigenvalue weighted by molar-refractivity contribution is 0.590. The van der Waals surface area contributed by atoms with Crippen LogP contribution in [0.1, 0.15) is 51.3 Å². The topological polar surface area (TPSA) is 33.3 Å². The van der Waals surface area contributed by atoms with Crippen molar-refractivity contribution in [1.29, 1.82) is 0 Å². The Kier molecular flexibility index (Phi) is 6.92. The second-order valence-corrected chi connectivity index (χ2v) is 17.0. The predicted molar refractivity (Wildman–Crippen MR) is 238 cm³/mol. The van der Waals surface area contributed by atoms with Gasteiger partial charge in [-0.3, -0.25) is 0 Å². The van der Waals surface area contributed by atoms with Crippen molar-refractivity contribution >= 4 is 79.6 Å². The van der Waals surface area contributed by atoms with Gasteiger partial charge < -0.3 is 19.2 Å². The van der Waals surface area contributed by atoms with Gasteiger partial charge in [0.1, 0.15) is 5.58 Å². The zero-order valence-corrected chi connectivity index (χ0v) is 32.4. The molecule has 5 heteroatoms. The van der Waals surface area contributed by atoms with Crippen molar-refractivity contribution in [2.75, 3.05) is 10.2 Å². The highest BCUT2D eigenvalue weighted by molar-refractivity contribution is 6.73. The van der Waals surface area contributed by atoms with E-state index in [4.69, 9.17) is 4.42 Å². The third-order valence-electron chi connectivity index (χ3n) is 12.3. The zero-order valence-electron chi connectivity index (χ0n) is 32.4. The molecular weight excluding hydrogens is 681 g/mol. The Morgan fingerprint density at radius 1 is 0.625 bits per heavy atom. The molecule has 1 N–H and O–H groups in total. The van der Waals surface area contributed by atoms with Crippen LogP contribution < -0.4 is 21.3 Å². The minimum absolute atomic E-state index is 0.0831. The first-order valence-corrected chi connectivity index (χ1v) is 19.7. The highest BCUT2D eigenvalue weighted by atomic mass is 16.3. The Morgan fingerprint density at radius 3 is 1.98 bits per heavy atom. The Labute approximate surface area is 328 Å². The van der Waals surface area contributed by atoms with Gasteiger partial charge >= 0.3 is 0 Å². The summed E-state index contributed by atoms with van der Waals surface area (Å²) in [6.07, 6.45) is 0. The first-order chi connectivity index (χ1) is 27.2. The van der Waals surface area contributed by atoms with E-state index in [1.165, 1.54) is 66.6 Å². The van der Waals surface area contributed by atoms with Crippen molar-refractivity contribution in [2.45, 2.75) is 45.4 Å². The lowest BCUT2D eigenvalue weighted by atomic mass is 9.62. The molecule has 11 rings (SSSR count). The molecule has 0 unspecified atom stereocenters. The minimum Gasteiger partial charge on any atom is -0.469 e. The van der Waals surface area contributed by atoms with Crippen LogP contribution in [0.2, 0.25) is 0 Å². The second-order valence-electron chi connectivity index (χ2n) is 17.0. The fourth-order valence-corrected chi connectivity index (χ4v) is 9.61. The largest absolute Gasteiger partial charge is 0.469 e. The summed E-state index contributed by atoms with van der Waals surface area (Å²) in [5.74, 6) is 0. The average Bonchev–Trinajstić information content (AvgIpc) is 3.75. The molecule has 0 fully saturated rings. The molecule has 0 spiro atoms. The van der Waals surface area contributed by atoms with Crippen LogP contribution in [0.15, 0.2) is 156 Å².